The maximum atomic E-state index is 7.15. The summed E-state index contributed by atoms with van der Waals surface area (Å²) in [5, 5.41) is 2.49. The van der Waals surface area contributed by atoms with Crippen molar-refractivity contribution < 1.29 is 23.4 Å². The molecule has 2 aliphatic heterocycles. The Hall–Kier alpha value is -2.32. The fraction of sp³-hybridized carbons (Fsp3) is 0.455. The van der Waals surface area contributed by atoms with Crippen molar-refractivity contribution in [3.8, 4) is 0 Å². The molecule has 0 radical (unpaired) electrons. The van der Waals surface area contributed by atoms with Gasteiger partial charge in [0.25, 0.3) is 8.32 Å². The lowest BCUT2D eigenvalue weighted by molar-refractivity contribution is -0.213. The monoisotopic (exact) mass is 546 g/mol. The van der Waals surface area contributed by atoms with Crippen molar-refractivity contribution in [1.82, 2.24) is 0 Å². The minimum absolute atomic E-state index is 0.0586. The van der Waals surface area contributed by atoms with Crippen LogP contribution in [0, 0.1) is 5.92 Å². The molecule has 4 atom stereocenters. The van der Waals surface area contributed by atoms with E-state index in [4.69, 9.17) is 23.4 Å². The van der Waals surface area contributed by atoms with Crippen LogP contribution in [-0.4, -0.2) is 45.8 Å². The van der Waals surface area contributed by atoms with E-state index in [1.807, 2.05) is 32.0 Å². The highest BCUT2D eigenvalue weighted by atomic mass is 28.4. The van der Waals surface area contributed by atoms with Crippen LogP contribution in [0.25, 0.3) is 0 Å². The van der Waals surface area contributed by atoms with Gasteiger partial charge in [0, 0.05) is 12.5 Å². The zero-order chi connectivity index (χ0) is 27.5. The third-order valence-corrected chi connectivity index (χ3v) is 12.9. The number of ether oxygens (including phenoxy) is 4. The normalized spacial score (nSPS) is 24.5. The molecule has 2 aliphatic rings. The molecule has 3 aromatic rings. The minimum Gasteiger partial charge on any atom is -0.407 e. The summed E-state index contributed by atoms with van der Waals surface area (Å²) < 4.78 is 32.2. The average molecular weight is 547 g/mol. The molecule has 2 saturated heterocycles. The van der Waals surface area contributed by atoms with Crippen molar-refractivity contribution in [3.05, 3.63) is 96.6 Å². The molecule has 0 bridgehead atoms. The summed E-state index contributed by atoms with van der Waals surface area (Å²) in [4.78, 5) is 0. The summed E-state index contributed by atoms with van der Waals surface area (Å²) in [6, 6.07) is 31.8. The first kappa shape index (κ1) is 28.2. The van der Waals surface area contributed by atoms with Crippen LogP contribution in [0.2, 0.25) is 5.04 Å². The molecular weight excluding hydrogens is 504 g/mol. The number of rotatable bonds is 10. The summed E-state index contributed by atoms with van der Waals surface area (Å²) in [6.07, 6.45) is 0.117. The van der Waals surface area contributed by atoms with Gasteiger partial charge in [0.05, 0.1) is 19.3 Å². The van der Waals surface area contributed by atoms with Crippen molar-refractivity contribution in [2.75, 3.05) is 13.2 Å². The molecule has 2 heterocycles. The molecule has 5 rings (SSSR count). The summed E-state index contributed by atoms with van der Waals surface area (Å²) in [5.74, 6) is -0.605. The quantitative estimate of drug-likeness (QED) is 0.307. The van der Waals surface area contributed by atoms with E-state index in [9.17, 15) is 0 Å². The first-order valence-corrected chi connectivity index (χ1v) is 16.0. The fourth-order valence-corrected chi connectivity index (χ4v) is 10.7. The number of benzene rings is 3. The average Bonchev–Trinajstić information content (AvgIpc) is 3.38. The summed E-state index contributed by atoms with van der Waals surface area (Å²) in [7, 11) is -2.61. The van der Waals surface area contributed by atoms with Crippen molar-refractivity contribution in [3.63, 3.8) is 0 Å². The molecule has 208 valence electrons. The summed E-state index contributed by atoms with van der Waals surface area (Å²) in [6.45, 7) is 12.5. The third-order valence-electron chi connectivity index (χ3n) is 7.86. The van der Waals surface area contributed by atoms with Crippen LogP contribution in [0.3, 0.4) is 0 Å². The van der Waals surface area contributed by atoms with Crippen molar-refractivity contribution in [2.45, 2.75) is 77.0 Å². The molecule has 39 heavy (non-hydrogen) atoms. The highest BCUT2D eigenvalue weighted by Crippen LogP contribution is 2.42. The van der Waals surface area contributed by atoms with Gasteiger partial charge in [-0.3, -0.25) is 0 Å². The molecular formula is C33H42O5Si. The molecule has 0 N–H and O–H groups in total. The van der Waals surface area contributed by atoms with Crippen molar-refractivity contribution in [2.24, 2.45) is 5.92 Å². The Balaban J connectivity index is 1.34. The lowest BCUT2D eigenvalue weighted by Gasteiger charge is -2.43. The predicted molar refractivity (Wildman–Crippen MR) is 156 cm³/mol. The van der Waals surface area contributed by atoms with E-state index in [0.717, 1.165) is 12.0 Å². The van der Waals surface area contributed by atoms with Crippen LogP contribution in [0.4, 0.5) is 0 Å². The standard InChI is InChI=1S/C33H42O5Si/c1-32(2,3)39(26-17-11-7-12-18-26,27-19-13-8-14-20-27)35-22-21-29-28(24-34-23-25-15-9-6-10-16-25)30-31(36-29)38-33(4,5)37-30/h6-20,28-31H,21-24H2,1-5H3/t28-,29-,30-,31-/m1/s1. The number of hydrogen-bond acceptors (Lipinski definition) is 5. The molecule has 3 aromatic carbocycles. The maximum Gasteiger partial charge on any atom is 0.261 e. The molecule has 0 aliphatic carbocycles. The van der Waals surface area contributed by atoms with Gasteiger partial charge in [-0.1, -0.05) is 112 Å². The molecule has 0 aromatic heterocycles. The van der Waals surface area contributed by atoms with Gasteiger partial charge in [0.1, 0.15) is 6.10 Å². The summed E-state index contributed by atoms with van der Waals surface area (Å²) >= 11 is 0. The van der Waals surface area contributed by atoms with Gasteiger partial charge in [0.2, 0.25) is 0 Å². The van der Waals surface area contributed by atoms with Crippen molar-refractivity contribution >= 4 is 18.7 Å². The largest absolute Gasteiger partial charge is 0.407 e. The molecule has 5 nitrogen and oxygen atoms in total. The second-order valence-corrected chi connectivity index (χ2v) is 16.4. The van der Waals surface area contributed by atoms with Gasteiger partial charge < -0.3 is 23.4 Å². The minimum atomic E-state index is -2.61. The van der Waals surface area contributed by atoms with E-state index in [2.05, 4.69) is 93.6 Å². The van der Waals surface area contributed by atoms with E-state index < -0.39 is 14.1 Å². The highest BCUT2D eigenvalue weighted by Gasteiger charge is 2.55. The second-order valence-electron chi connectivity index (χ2n) is 12.1. The van der Waals surface area contributed by atoms with Crippen molar-refractivity contribution in [1.29, 1.82) is 0 Å². The van der Waals surface area contributed by atoms with Gasteiger partial charge in [-0.15, -0.1) is 0 Å². The molecule has 0 saturated carbocycles. The van der Waals surface area contributed by atoms with Crippen LogP contribution < -0.4 is 10.4 Å². The Bertz CT molecular complexity index is 1140. The number of hydrogen-bond donors (Lipinski definition) is 0. The lowest BCUT2D eigenvalue weighted by atomic mass is 9.97. The first-order valence-electron chi connectivity index (χ1n) is 14.1. The molecule has 2 fully saturated rings. The molecule has 6 heteroatoms. The van der Waals surface area contributed by atoms with E-state index in [0.29, 0.717) is 19.8 Å². The van der Waals surface area contributed by atoms with Crippen LogP contribution in [-0.2, 0) is 30.0 Å². The van der Waals surface area contributed by atoms with Crippen LogP contribution >= 0.6 is 0 Å². The van der Waals surface area contributed by atoms with E-state index in [-0.39, 0.29) is 29.5 Å². The van der Waals surface area contributed by atoms with Crippen LogP contribution in [0.1, 0.15) is 46.6 Å². The zero-order valence-corrected chi connectivity index (χ0v) is 24.8. The molecule has 0 amide bonds. The molecule has 0 spiro atoms. The van der Waals surface area contributed by atoms with E-state index in [1.165, 1.54) is 10.4 Å². The third kappa shape index (κ3) is 6.07. The van der Waals surface area contributed by atoms with Gasteiger partial charge in [-0.25, -0.2) is 0 Å². The van der Waals surface area contributed by atoms with E-state index in [1.54, 1.807) is 0 Å². The van der Waals surface area contributed by atoms with Gasteiger partial charge in [-0.05, 0) is 41.2 Å². The SMILES string of the molecule is CC1(C)O[C@H]2O[C@H](CCO[Si](c3ccccc3)(c3ccccc3)C(C)(C)C)[C@@H](COCc3ccccc3)[C@H]2O1. The smallest absolute Gasteiger partial charge is 0.261 e. The fourth-order valence-electron chi connectivity index (χ4n) is 6.10. The first-order chi connectivity index (χ1) is 18.7. The zero-order valence-electron chi connectivity index (χ0n) is 23.8. The highest BCUT2D eigenvalue weighted by molar-refractivity contribution is 6.99. The summed E-state index contributed by atoms with van der Waals surface area (Å²) in [5.41, 5.74) is 1.16. The van der Waals surface area contributed by atoms with Crippen LogP contribution in [0.5, 0.6) is 0 Å². The maximum absolute atomic E-state index is 7.15. The van der Waals surface area contributed by atoms with Gasteiger partial charge >= 0.3 is 0 Å². The Morgan fingerprint density at radius 3 is 1.92 bits per heavy atom. The van der Waals surface area contributed by atoms with Gasteiger partial charge in [0.15, 0.2) is 12.1 Å². The number of fused-ring (bicyclic) bond motifs is 1. The Kier molecular flexibility index (Phi) is 8.43. The Morgan fingerprint density at radius 2 is 1.36 bits per heavy atom. The Labute approximate surface area is 234 Å². The lowest BCUT2D eigenvalue weighted by Crippen LogP contribution is -2.66. The predicted octanol–water partition coefficient (Wildman–Crippen LogP) is 5.66. The topological polar surface area (TPSA) is 46.2 Å². The van der Waals surface area contributed by atoms with Gasteiger partial charge in [-0.2, -0.15) is 0 Å². The van der Waals surface area contributed by atoms with Crippen LogP contribution in [0.15, 0.2) is 91.0 Å². The second kappa shape index (κ2) is 11.7. The Morgan fingerprint density at radius 1 is 0.795 bits per heavy atom. The van der Waals surface area contributed by atoms with E-state index >= 15 is 0 Å². The molecule has 0 unspecified atom stereocenters.